The van der Waals surface area contributed by atoms with E-state index in [0.29, 0.717) is 0 Å². The Kier molecular flexibility index (Phi) is 5.60. The number of urea groups is 1. The monoisotopic (exact) mass is 290 g/mol. The molecule has 1 fully saturated rings. The zero-order valence-corrected chi connectivity index (χ0v) is 12.0. The molecule has 1 aliphatic rings. The van der Waals surface area contributed by atoms with E-state index in [0.717, 1.165) is 31.2 Å². The van der Waals surface area contributed by atoms with Gasteiger partial charge < -0.3 is 15.7 Å². The summed E-state index contributed by atoms with van der Waals surface area (Å²) in [6.45, 7) is 0. The summed E-state index contributed by atoms with van der Waals surface area (Å²) in [5, 5.41) is 14.7. The second kappa shape index (κ2) is 7.67. The fraction of sp³-hybridized carbons (Fsp3) is 0.500. The Labute approximate surface area is 124 Å². The molecule has 0 radical (unpaired) electrons. The summed E-state index contributed by atoms with van der Waals surface area (Å²) in [7, 11) is 0. The van der Waals surface area contributed by atoms with Crippen molar-refractivity contribution in [2.45, 2.75) is 50.6 Å². The van der Waals surface area contributed by atoms with E-state index in [1.54, 1.807) is 0 Å². The highest BCUT2D eigenvalue weighted by atomic mass is 16.4. The Bertz CT molecular complexity index is 470. The van der Waals surface area contributed by atoms with Crippen LogP contribution >= 0.6 is 0 Å². The summed E-state index contributed by atoms with van der Waals surface area (Å²) >= 11 is 0. The molecular weight excluding hydrogens is 268 g/mol. The van der Waals surface area contributed by atoms with Crippen molar-refractivity contribution in [1.29, 1.82) is 0 Å². The molecule has 0 heterocycles. The number of benzene rings is 1. The van der Waals surface area contributed by atoms with Gasteiger partial charge in [-0.1, -0.05) is 49.6 Å². The van der Waals surface area contributed by atoms with E-state index in [2.05, 4.69) is 10.6 Å². The van der Waals surface area contributed by atoms with Crippen molar-refractivity contribution >= 4 is 12.0 Å². The lowest BCUT2D eigenvalue weighted by Gasteiger charge is -2.24. The Hall–Kier alpha value is -2.04. The highest BCUT2D eigenvalue weighted by Crippen LogP contribution is 2.17. The van der Waals surface area contributed by atoms with Crippen LogP contribution in [0.3, 0.4) is 0 Å². The van der Waals surface area contributed by atoms with Gasteiger partial charge in [-0.05, 0) is 18.4 Å². The molecule has 0 aromatic heterocycles. The third-order valence-corrected chi connectivity index (χ3v) is 3.83. The molecule has 1 saturated carbocycles. The minimum atomic E-state index is -1.02. The third-order valence-electron chi connectivity index (χ3n) is 3.83. The number of carbonyl (C=O) groups is 2. The number of carboxylic acids is 1. The molecule has 0 saturated heterocycles. The molecule has 1 aromatic carbocycles. The predicted octanol–water partition coefficient (Wildman–Crippen LogP) is 2.31. The van der Waals surface area contributed by atoms with Gasteiger partial charge in [-0.2, -0.15) is 0 Å². The van der Waals surface area contributed by atoms with E-state index in [1.165, 1.54) is 6.42 Å². The highest BCUT2D eigenvalue weighted by molar-refractivity contribution is 5.82. The number of nitrogens with one attached hydrogen (secondary N) is 2. The van der Waals surface area contributed by atoms with E-state index in [4.69, 9.17) is 0 Å². The van der Waals surface area contributed by atoms with Crippen molar-refractivity contribution in [3.8, 4) is 0 Å². The number of hydrogen-bond donors (Lipinski definition) is 3. The lowest BCUT2D eigenvalue weighted by Crippen LogP contribution is -2.50. The van der Waals surface area contributed by atoms with Gasteiger partial charge in [-0.15, -0.1) is 0 Å². The highest BCUT2D eigenvalue weighted by Gasteiger charge is 2.22. The van der Waals surface area contributed by atoms with Crippen LogP contribution in [0, 0.1) is 0 Å². The second-order valence-electron chi connectivity index (χ2n) is 5.53. The standard InChI is InChI=1S/C16H22N2O3/c19-15(20)14(11-12-7-3-1-4-8-12)18-16(21)17-13-9-5-2-6-10-13/h1,3-4,7-8,13-14H,2,5-6,9-11H2,(H,19,20)(H2,17,18,21). The molecule has 0 spiro atoms. The number of aliphatic carboxylic acids is 1. The minimum Gasteiger partial charge on any atom is -0.480 e. The van der Waals surface area contributed by atoms with Crippen molar-refractivity contribution < 1.29 is 14.7 Å². The average Bonchev–Trinajstić information content (AvgIpc) is 2.48. The van der Waals surface area contributed by atoms with Crippen LogP contribution in [0.15, 0.2) is 30.3 Å². The number of hydrogen-bond acceptors (Lipinski definition) is 2. The molecule has 0 aliphatic heterocycles. The lowest BCUT2D eigenvalue weighted by molar-refractivity contribution is -0.139. The Morgan fingerprint density at radius 2 is 1.81 bits per heavy atom. The van der Waals surface area contributed by atoms with Crippen LogP contribution < -0.4 is 10.6 Å². The summed E-state index contributed by atoms with van der Waals surface area (Å²) in [5.74, 6) is -1.02. The lowest BCUT2D eigenvalue weighted by atomic mass is 9.96. The maximum Gasteiger partial charge on any atom is 0.326 e. The van der Waals surface area contributed by atoms with Gasteiger partial charge in [-0.3, -0.25) is 0 Å². The quantitative estimate of drug-likeness (QED) is 0.778. The average molecular weight is 290 g/mol. The van der Waals surface area contributed by atoms with Gasteiger partial charge in [0.2, 0.25) is 0 Å². The van der Waals surface area contributed by atoms with Gasteiger partial charge in [0, 0.05) is 12.5 Å². The molecule has 114 valence electrons. The maximum absolute atomic E-state index is 11.9. The number of carboxylic acid groups (broad SMARTS) is 1. The molecule has 2 rings (SSSR count). The number of carbonyl (C=O) groups excluding carboxylic acids is 1. The Morgan fingerprint density at radius 3 is 2.43 bits per heavy atom. The van der Waals surface area contributed by atoms with Crippen LogP contribution in [0.2, 0.25) is 0 Å². The molecule has 3 N–H and O–H groups in total. The van der Waals surface area contributed by atoms with Crippen LogP contribution in [-0.4, -0.2) is 29.2 Å². The van der Waals surface area contributed by atoms with E-state index in [1.807, 2.05) is 30.3 Å². The molecule has 21 heavy (non-hydrogen) atoms. The van der Waals surface area contributed by atoms with Crippen LogP contribution in [0.5, 0.6) is 0 Å². The first-order valence-corrected chi connectivity index (χ1v) is 7.49. The SMILES string of the molecule is O=C(NC1CCCCC1)NC(Cc1ccccc1)C(=O)O. The Morgan fingerprint density at radius 1 is 1.14 bits per heavy atom. The van der Waals surface area contributed by atoms with Crippen LogP contribution in [0.4, 0.5) is 4.79 Å². The fourth-order valence-electron chi connectivity index (χ4n) is 2.68. The van der Waals surface area contributed by atoms with Crippen LogP contribution in [0.25, 0.3) is 0 Å². The van der Waals surface area contributed by atoms with Gasteiger partial charge in [0.15, 0.2) is 0 Å². The first-order valence-electron chi connectivity index (χ1n) is 7.49. The van der Waals surface area contributed by atoms with E-state index < -0.39 is 12.0 Å². The minimum absolute atomic E-state index is 0.171. The molecule has 5 nitrogen and oxygen atoms in total. The first kappa shape index (κ1) is 15.4. The summed E-state index contributed by atoms with van der Waals surface area (Å²) in [4.78, 5) is 23.2. The van der Waals surface area contributed by atoms with Crippen LogP contribution in [-0.2, 0) is 11.2 Å². The smallest absolute Gasteiger partial charge is 0.326 e. The molecule has 1 aliphatic carbocycles. The molecule has 0 bridgehead atoms. The topological polar surface area (TPSA) is 78.4 Å². The summed E-state index contributed by atoms with van der Waals surface area (Å²) in [6, 6.07) is 8.19. The van der Waals surface area contributed by atoms with E-state index in [-0.39, 0.29) is 18.5 Å². The predicted molar refractivity (Wildman–Crippen MR) is 80.1 cm³/mol. The molecule has 1 atom stereocenters. The maximum atomic E-state index is 11.9. The molecular formula is C16H22N2O3. The molecule has 1 aromatic rings. The number of rotatable bonds is 5. The first-order chi connectivity index (χ1) is 10.1. The van der Waals surface area contributed by atoms with Gasteiger partial charge in [0.05, 0.1) is 0 Å². The van der Waals surface area contributed by atoms with Gasteiger partial charge in [-0.25, -0.2) is 9.59 Å². The fourth-order valence-corrected chi connectivity index (χ4v) is 2.68. The van der Waals surface area contributed by atoms with E-state index in [9.17, 15) is 14.7 Å². The number of amides is 2. The largest absolute Gasteiger partial charge is 0.480 e. The normalized spacial score (nSPS) is 17.0. The van der Waals surface area contributed by atoms with E-state index >= 15 is 0 Å². The van der Waals surface area contributed by atoms with Gasteiger partial charge in [0.25, 0.3) is 0 Å². The zero-order chi connectivity index (χ0) is 15.1. The van der Waals surface area contributed by atoms with Gasteiger partial charge in [0.1, 0.15) is 6.04 Å². The molecule has 1 unspecified atom stereocenters. The molecule has 2 amide bonds. The summed E-state index contributed by atoms with van der Waals surface area (Å²) in [6.07, 6.45) is 5.70. The second-order valence-corrected chi connectivity index (χ2v) is 5.53. The van der Waals surface area contributed by atoms with Crippen LogP contribution in [0.1, 0.15) is 37.7 Å². The zero-order valence-electron chi connectivity index (χ0n) is 12.0. The van der Waals surface area contributed by atoms with Crippen molar-refractivity contribution in [2.24, 2.45) is 0 Å². The summed E-state index contributed by atoms with van der Waals surface area (Å²) in [5.41, 5.74) is 0.892. The van der Waals surface area contributed by atoms with Crippen molar-refractivity contribution in [2.75, 3.05) is 0 Å². The molecule has 5 heteroatoms. The van der Waals surface area contributed by atoms with Crippen molar-refractivity contribution in [3.63, 3.8) is 0 Å². The third kappa shape index (κ3) is 5.10. The van der Waals surface area contributed by atoms with Crippen molar-refractivity contribution in [1.82, 2.24) is 10.6 Å². The van der Waals surface area contributed by atoms with Crippen molar-refractivity contribution in [3.05, 3.63) is 35.9 Å². The van der Waals surface area contributed by atoms with Gasteiger partial charge >= 0.3 is 12.0 Å². The Balaban J connectivity index is 1.86. The summed E-state index contributed by atoms with van der Waals surface area (Å²) < 4.78 is 0.